The molecule has 2 aromatic rings. The van der Waals surface area contributed by atoms with Crippen LogP contribution in [0.5, 0.6) is 0 Å². The SMILES string of the molecule is CC1COC(Cc2ccccc2)CN1C(=O)OCc1ccccc1. The Bertz CT molecular complexity index is 644. The van der Waals surface area contributed by atoms with Crippen LogP contribution in [0.2, 0.25) is 0 Å². The van der Waals surface area contributed by atoms with Crippen molar-refractivity contribution in [3.63, 3.8) is 0 Å². The van der Waals surface area contributed by atoms with E-state index in [4.69, 9.17) is 9.47 Å². The summed E-state index contributed by atoms with van der Waals surface area (Å²) >= 11 is 0. The molecule has 0 aliphatic carbocycles. The van der Waals surface area contributed by atoms with Crippen molar-refractivity contribution in [2.45, 2.75) is 32.1 Å². The van der Waals surface area contributed by atoms with Gasteiger partial charge in [0.05, 0.1) is 25.3 Å². The first-order chi connectivity index (χ1) is 11.7. The fourth-order valence-electron chi connectivity index (χ4n) is 2.87. The van der Waals surface area contributed by atoms with E-state index in [1.807, 2.05) is 55.5 Å². The van der Waals surface area contributed by atoms with Crippen molar-refractivity contribution in [3.8, 4) is 0 Å². The third-order valence-corrected chi connectivity index (χ3v) is 4.25. The van der Waals surface area contributed by atoms with Crippen LogP contribution in [-0.2, 0) is 22.5 Å². The van der Waals surface area contributed by atoms with Gasteiger partial charge in [0.1, 0.15) is 6.61 Å². The van der Waals surface area contributed by atoms with E-state index in [0.29, 0.717) is 19.8 Å². The van der Waals surface area contributed by atoms with Gasteiger partial charge in [0.2, 0.25) is 0 Å². The van der Waals surface area contributed by atoms with Crippen molar-refractivity contribution in [3.05, 3.63) is 71.8 Å². The van der Waals surface area contributed by atoms with Crippen molar-refractivity contribution in [2.24, 2.45) is 0 Å². The fraction of sp³-hybridized carbons (Fsp3) is 0.350. The molecule has 4 heteroatoms. The van der Waals surface area contributed by atoms with Crippen LogP contribution in [0.15, 0.2) is 60.7 Å². The lowest BCUT2D eigenvalue weighted by Gasteiger charge is -2.37. The van der Waals surface area contributed by atoms with E-state index in [2.05, 4.69) is 12.1 Å². The van der Waals surface area contributed by atoms with Gasteiger partial charge in [-0.15, -0.1) is 0 Å². The molecule has 1 amide bonds. The van der Waals surface area contributed by atoms with E-state index < -0.39 is 0 Å². The van der Waals surface area contributed by atoms with Crippen LogP contribution < -0.4 is 0 Å². The maximum Gasteiger partial charge on any atom is 0.410 e. The molecule has 0 N–H and O–H groups in total. The molecule has 4 nitrogen and oxygen atoms in total. The van der Waals surface area contributed by atoms with Crippen LogP contribution in [-0.4, -0.2) is 36.3 Å². The molecular weight excluding hydrogens is 302 g/mol. The maximum atomic E-state index is 12.4. The molecule has 1 aliphatic heterocycles. The molecule has 2 unspecified atom stereocenters. The lowest BCUT2D eigenvalue weighted by Crippen LogP contribution is -2.51. The van der Waals surface area contributed by atoms with Crippen molar-refractivity contribution >= 4 is 6.09 Å². The Labute approximate surface area is 143 Å². The van der Waals surface area contributed by atoms with Gasteiger partial charge < -0.3 is 14.4 Å². The van der Waals surface area contributed by atoms with E-state index in [-0.39, 0.29) is 18.2 Å². The van der Waals surface area contributed by atoms with E-state index in [1.54, 1.807) is 4.90 Å². The Morgan fingerprint density at radius 3 is 2.38 bits per heavy atom. The highest BCUT2D eigenvalue weighted by Gasteiger charge is 2.30. The first-order valence-corrected chi connectivity index (χ1v) is 8.35. The Hall–Kier alpha value is -2.33. The molecule has 0 saturated carbocycles. The molecule has 0 bridgehead atoms. The zero-order valence-corrected chi connectivity index (χ0v) is 13.9. The summed E-state index contributed by atoms with van der Waals surface area (Å²) in [6.45, 7) is 3.39. The fourth-order valence-corrected chi connectivity index (χ4v) is 2.87. The number of rotatable bonds is 4. The van der Waals surface area contributed by atoms with Gasteiger partial charge in [0.15, 0.2) is 0 Å². The summed E-state index contributed by atoms with van der Waals surface area (Å²) in [4.78, 5) is 14.2. The monoisotopic (exact) mass is 325 g/mol. The number of morpholine rings is 1. The largest absolute Gasteiger partial charge is 0.445 e. The van der Waals surface area contributed by atoms with Crippen LogP contribution >= 0.6 is 0 Å². The van der Waals surface area contributed by atoms with Crippen LogP contribution in [0, 0.1) is 0 Å². The number of carbonyl (C=O) groups is 1. The first-order valence-electron chi connectivity index (χ1n) is 8.35. The molecule has 0 aromatic heterocycles. The Morgan fingerprint density at radius 1 is 1.08 bits per heavy atom. The van der Waals surface area contributed by atoms with Gasteiger partial charge in [0, 0.05) is 6.42 Å². The van der Waals surface area contributed by atoms with E-state index in [9.17, 15) is 4.79 Å². The summed E-state index contributed by atoms with van der Waals surface area (Å²) < 4.78 is 11.4. The zero-order chi connectivity index (χ0) is 16.8. The number of amides is 1. The first kappa shape index (κ1) is 16.5. The average molecular weight is 325 g/mol. The molecule has 2 aromatic carbocycles. The summed E-state index contributed by atoms with van der Waals surface area (Å²) in [6.07, 6.45) is 0.538. The molecule has 1 heterocycles. The second kappa shape index (κ2) is 7.97. The van der Waals surface area contributed by atoms with Crippen LogP contribution in [0.25, 0.3) is 0 Å². The molecule has 0 spiro atoms. The summed E-state index contributed by atoms with van der Waals surface area (Å²) in [7, 11) is 0. The topological polar surface area (TPSA) is 38.8 Å². The molecular formula is C20H23NO3. The summed E-state index contributed by atoms with van der Waals surface area (Å²) in [6, 6.07) is 20.0. The summed E-state index contributed by atoms with van der Waals surface area (Å²) in [5.41, 5.74) is 2.21. The predicted octanol–water partition coefficient (Wildman–Crippen LogP) is 3.66. The standard InChI is InChI=1S/C20H23NO3/c1-16-14-23-19(12-17-8-4-2-5-9-17)13-21(16)20(22)24-15-18-10-6-3-7-11-18/h2-11,16,19H,12-15H2,1H3. The lowest BCUT2D eigenvalue weighted by atomic mass is 10.1. The zero-order valence-electron chi connectivity index (χ0n) is 13.9. The third kappa shape index (κ3) is 4.36. The maximum absolute atomic E-state index is 12.4. The second-order valence-corrected chi connectivity index (χ2v) is 6.19. The number of hydrogen-bond acceptors (Lipinski definition) is 3. The molecule has 0 radical (unpaired) electrons. The quantitative estimate of drug-likeness (QED) is 0.861. The van der Waals surface area contributed by atoms with Gasteiger partial charge >= 0.3 is 6.09 Å². The number of carbonyl (C=O) groups excluding carboxylic acids is 1. The number of benzene rings is 2. The average Bonchev–Trinajstić information content (AvgIpc) is 2.63. The van der Waals surface area contributed by atoms with Crippen molar-refractivity contribution in [1.29, 1.82) is 0 Å². The van der Waals surface area contributed by atoms with Gasteiger partial charge in [-0.25, -0.2) is 4.79 Å². The van der Waals surface area contributed by atoms with Crippen molar-refractivity contribution < 1.29 is 14.3 Å². The van der Waals surface area contributed by atoms with Gasteiger partial charge in [-0.1, -0.05) is 60.7 Å². The summed E-state index contributed by atoms with van der Waals surface area (Å²) in [5, 5.41) is 0. The minimum Gasteiger partial charge on any atom is -0.445 e. The van der Waals surface area contributed by atoms with Crippen LogP contribution in [0.3, 0.4) is 0 Å². The smallest absolute Gasteiger partial charge is 0.410 e. The second-order valence-electron chi connectivity index (χ2n) is 6.19. The van der Waals surface area contributed by atoms with Gasteiger partial charge in [-0.2, -0.15) is 0 Å². The van der Waals surface area contributed by atoms with Crippen LogP contribution in [0.4, 0.5) is 4.79 Å². The van der Waals surface area contributed by atoms with E-state index >= 15 is 0 Å². The lowest BCUT2D eigenvalue weighted by molar-refractivity contribution is -0.0538. The minimum atomic E-state index is -0.271. The number of ether oxygens (including phenoxy) is 2. The highest BCUT2D eigenvalue weighted by molar-refractivity contribution is 5.68. The molecule has 2 atom stereocenters. The highest BCUT2D eigenvalue weighted by Crippen LogP contribution is 2.17. The predicted molar refractivity (Wildman–Crippen MR) is 92.7 cm³/mol. The molecule has 1 aliphatic rings. The normalized spacial score (nSPS) is 20.6. The molecule has 3 rings (SSSR count). The number of nitrogens with zero attached hydrogens (tertiary/aromatic N) is 1. The van der Waals surface area contributed by atoms with Crippen molar-refractivity contribution in [1.82, 2.24) is 4.90 Å². The third-order valence-electron chi connectivity index (χ3n) is 4.25. The molecule has 1 fully saturated rings. The molecule has 126 valence electrons. The Morgan fingerprint density at radius 2 is 1.71 bits per heavy atom. The van der Waals surface area contributed by atoms with E-state index in [1.165, 1.54) is 5.56 Å². The molecule has 24 heavy (non-hydrogen) atoms. The van der Waals surface area contributed by atoms with E-state index in [0.717, 1.165) is 12.0 Å². The highest BCUT2D eigenvalue weighted by atomic mass is 16.6. The number of hydrogen-bond donors (Lipinski definition) is 0. The molecule has 1 saturated heterocycles. The summed E-state index contributed by atoms with van der Waals surface area (Å²) in [5.74, 6) is 0. The Balaban J connectivity index is 1.56. The van der Waals surface area contributed by atoms with Gasteiger partial charge in [-0.3, -0.25) is 0 Å². The minimum absolute atomic E-state index is 0.00729. The van der Waals surface area contributed by atoms with Crippen LogP contribution in [0.1, 0.15) is 18.1 Å². The van der Waals surface area contributed by atoms with Gasteiger partial charge in [0.25, 0.3) is 0 Å². The van der Waals surface area contributed by atoms with Gasteiger partial charge in [-0.05, 0) is 18.1 Å². The van der Waals surface area contributed by atoms with Crippen molar-refractivity contribution in [2.75, 3.05) is 13.2 Å². The Kier molecular flexibility index (Phi) is 5.49.